The van der Waals surface area contributed by atoms with Gasteiger partial charge < -0.3 is 4.42 Å². The van der Waals surface area contributed by atoms with Gasteiger partial charge in [0.1, 0.15) is 0 Å². The fourth-order valence-corrected chi connectivity index (χ4v) is 2.25. The molecule has 0 bridgehead atoms. The molecule has 0 amide bonds. The second kappa shape index (κ2) is 6.55. The molecule has 22 heavy (non-hydrogen) atoms. The van der Waals surface area contributed by atoms with E-state index in [0.29, 0.717) is 5.39 Å². The van der Waals surface area contributed by atoms with Gasteiger partial charge in [0, 0.05) is 0 Å². The average molecular weight is 318 g/mol. The maximum Gasteiger partial charge on any atom is 0.343 e. The van der Waals surface area contributed by atoms with Crippen LogP contribution in [0.1, 0.15) is 5.56 Å². The Hall–Kier alpha value is -2.44. The van der Waals surface area contributed by atoms with Crippen LogP contribution in [0.4, 0.5) is 0 Å². The van der Waals surface area contributed by atoms with Gasteiger partial charge in [-0.2, -0.15) is 8.42 Å². The normalized spacial score (nSPS) is 10.8. The van der Waals surface area contributed by atoms with Gasteiger partial charge >= 0.3 is 5.63 Å². The van der Waals surface area contributed by atoms with Crippen molar-refractivity contribution in [2.45, 2.75) is 11.8 Å². The smallest absolute Gasteiger partial charge is 0.343 e. The van der Waals surface area contributed by atoms with Gasteiger partial charge in [-0.3, -0.25) is 4.55 Å². The SMILES string of the molecule is Cc1ccc(S(=O)(=O)O)cc1.O=c1occc2ccccc12. The van der Waals surface area contributed by atoms with Crippen molar-refractivity contribution in [1.82, 2.24) is 0 Å². The zero-order valence-corrected chi connectivity index (χ0v) is 12.6. The van der Waals surface area contributed by atoms with Crippen LogP contribution in [0.3, 0.4) is 0 Å². The van der Waals surface area contributed by atoms with Crippen LogP contribution in [-0.4, -0.2) is 13.0 Å². The monoisotopic (exact) mass is 318 g/mol. The maximum atomic E-state index is 11.0. The zero-order valence-electron chi connectivity index (χ0n) is 11.8. The van der Waals surface area contributed by atoms with Gasteiger partial charge in [-0.15, -0.1) is 0 Å². The van der Waals surface area contributed by atoms with Crippen LogP contribution in [0.15, 0.2) is 75.0 Å². The van der Waals surface area contributed by atoms with Crippen molar-refractivity contribution in [3.63, 3.8) is 0 Å². The van der Waals surface area contributed by atoms with E-state index < -0.39 is 10.1 Å². The third-order valence-corrected chi connectivity index (χ3v) is 3.79. The van der Waals surface area contributed by atoms with Crippen LogP contribution in [0.2, 0.25) is 0 Å². The molecule has 0 unspecified atom stereocenters. The highest BCUT2D eigenvalue weighted by Gasteiger charge is 2.06. The lowest BCUT2D eigenvalue weighted by Gasteiger charge is -1.95. The van der Waals surface area contributed by atoms with Gasteiger partial charge in [0.25, 0.3) is 10.1 Å². The number of hydrogen-bond donors (Lipinski definition) is 1. The lowest BCUT2D eigenvalue weighted by Crippen LogP contribution is -1.96. The number of aryl methyl sites for hydroxylation is 1. The first-order valence-electron chi connectivity index (χ1n) is 6.38. The van der Waals surface area contributed by atoms with E-state index >= 15 is 0 Å². The summed E-state index contributed by atoms with van der Waals surface area (Å²) in [7, 11) is -4.02. The first-order valence-corrected chi connectivity index (χ1v) is 7.82. The van der Waals surface area contributed by atoms with Crippen LogP contribution in [0.25, 0.3) is 10.8 Å². The third-order valence-electron chi connectivity index (χ3n) is 2.92. The Morgan fingerprint density at radius 2 is 1.59 bits per heavy atom. The minimum absolute atomic E-state index is 0.0666. The van der Waals surface area contributed by atoms with Crippen LogP contribution in [0, 0.1) is 6.92 Å². The summed E-state index contributed by atoms with van der Waals surface area (Å²) in [6.07, 6.45) is 1.41. The van der Waals surface area contributed by atoms with Crippen molar-refractivity contribution < 1.29 is 17.4 Å². The van der Waals surface area contributed by atoms with Gasteiger partial charge in [-0.1, -0.05) is 35.9 Å². The minimum Gasteiger partial charge on any atom is -0.431 e. The molecule has 2 aromatic carbocycles. The molecule has 0 saturated heterocycles. The Balaban J connectivity index is 0.000000160. The Kier molecular flexibility index (Phi) is 4.75. The molecule has 1 N–H and O–H groups in total. The molecule has 0 atom stereocenters. The van der Waals surface area contributed by atoms with Crippen molar-refractivity contribution in [2.24, 2.45) is 0 Å². The van der Waals surface area contributed by atoms with E-state index in [1.165, 1.54) is 18.4 Å². The molecule has 0 aliphatic rings. The summed E-state index contributed by atoms with van der Waals surface area (Å²) in [4.78, 5) is 10.9. The molecule has 1 aromatic heterocycles. The average Bonchev–Trinajstić information content (AvgIpc) is 2.48. The molecule has 0 aliphatic heterocycles. The second-order valence-corrected chi connectivity index (χ2v) is 6.00. The number of hydrogen-bond acceptors (Lipinski definition) is 4. The Morgan fingerprint density at radius 3 is 2.18 bits per heavy atom. The first-order chi connectivity index (χ1) is 10.4. The third kappa shape index (κ3) is 4.03. The molecule has 114 valence electrons. The van der Waals surface area contributed by atoms with Crippen LogP contribution >= 0.6 is 0 Å². The van der Waals surface area contributed by atoms with Crippen molar-refractivity contribution in [2.75, 3.05) is 0 Å². The molecule has 0 radical (unpaired) electrons. The highest BCUT2D eigenvalue weighted by atomic mass is 32.2. The Morgan fingerprint density at radius 1 is 0.955 bits per heavy atom. The van der Waals surface area contributed by atoms with E-state index in [-0.39, 0.29) is 10.5 Å². The van der Waals surface area contributed by atoms with Crippen LogP contribution in [0.5, 0.6) is 0 Å². The summed E-state index contributed by atoms with van der Waals surface area (Å²) in [5, 5.41) is 1.55. The van der Waals surface area contributed by atoms with Crippen molar-refractivity contribution in [1.29, 1.82) is 0 Å². The molecule has 6 heteroatoms. The highest BCUT2D eigenvalue weighted by molar-refractivity contribution is 7.85. The summed E-state index contributed by atoms with van der Waals surface area (Å²) in [6.45, 7) is 1.84. The van der Waals surface area contributed by atoms with Gasteiger partial charge in [-0.25, -0.2) is 4.79 Å². The standard InChI is InChI=1S/C9H6O2.C7H8O3S/c10-9-8-4-2-1-3-7(8)5-6-11-9;1-6-2-4-7(5-3-6)11(8,9)10/h1-6H;2-5H,1H3,(H,8,9,10). The van der Waals surface area contributed by atoms with Crippen molar-refractivity contribution in [3.8, 4) is 0 Å². The number of rotatable bonds is 1. The van der Waals surface area contributed by atoms with E-state index in [2.05, 4.69) is 4.42 Å². The summed E-state index contributed by atoms with van der Waals surface area (Å²) < 4.78 is 34.2. The first kappa shape index (κ1) is 15.9. The van der Waals surface area contributed by atoms with E-state index in [1.54, 1.807) is 24.3 Å². The molecule has 1 heterocycles. The number of benzene rings is 2. The molecule has 5 nitrogen and oxygen atoms in total. The van der Waals surface area contributed by atoms with Gasteiger partial charge in [-0.05, 0) is 36.6 Å². The predicted molar refractivity (Wildman–Crippen MR) is 83.5 cm³/mol. The molecule has 0 fully saturated rings. The lowest BCUT2D eigenvalue weighted by atomic mass is 10.2. The zero-order chi connectivity index (χ0) is 16.2. The van der Waals surface area contributed by atoms with E-state index in [1.807, 2.05) is 25.1 Å². The van der Waals surface area contributed by atoms with Crippen molar-refractivity contribution >= 4 is 20.9 Å². The molecule has 0 aliphatic carbocycles. The van der Waals surface area contributed by atoms with Gasteiger partial charge in [0.2, 0.25) is 0 Å². The molecule has 0 saturated carbocycles. The van der Waals surface area contributed by atoms with Crippen LogP contribution < -0.4 is 5.63 Å². The summed E-state index contributed by atoms with van der Waals surface area (Å²) in [6, 6.07) is 15.1. The molecule has 3 aromatic rings. The van der Waals surface area contributed by atoms with Gasteiger partial charge in [0.15, 0.2) is 0 Å². The Bertz CT molecular complexity index is 919. The molecule has 0 spiro atoms. The van der Waals surface area contributed by atoms with E-state index in [4.69, 9.17) is 4.55 Å². The van der Waals surface area contributed by atoms with Crippen molar-refractivity contribution in [3.05, 3.63) is 76.8 Å². The summed E-state index contributed by atoms with van der Waals surface area (Å²) in [5.74, 6) is 0. The molecular formula is C16H14O5S. The topological polar surface area (TPSA) is 84.6 Å². The number of fused-ring (bicyclic) bond motifs is 1. The minimum atomic E-state index is -4.02. The quantitative estimate of drug-likeness (QED) is 0.697. The second-order valence-electron chi connectivity index (χ2n) is 4.58. The largest absolute Gasteiger partial charge is 0.431 e. The lowest BCUT2D eigenvalue weighted by molar-refractivity contribution is 0.483. The van der Waals surface area contributed by atoms with Crippen LogP contribution in [-0.2, 0) is 10.1 Å². The van der Waals surface area contributed by atoms with Gasteiger partial charge in [0.05, 0.1) is 16.5 Å². The highest BCUT2D eigenvalue weighted by Crippen LogP contribution is 2.08. The molecule has 3 rings (SSSR count). The summed E-state index contributed by atoms with van der Waals surface area (Å²) in [5.41, 5.74) is 0.681. The fourth-order valence-electron chi connectivity index (χ4n) is 1.77. The fraction of sp³-hybridized carbons (Fsp3) is 0.0625. The van der Waals surface area contributed by atoms with E-state index in [0.717, 1.165) is 10.9 Å². The predicted octanol–water partition coefficient (Wildman–Crippen LogP) is 3.03. The summed E-state index contributed by atoms with van der Waals surface area (Å²) >= 11 is 0. The Labute approximate surface area is 127 Å². The maximum absolute atomic E-state index is 11.0. The molecular weight excluding hydrogens is 304 g/mol. The van der Waals surface area contributed by atoms with E-state index in [9.17, 15) is 13.2 Å².